The lowest BCUT2D eigenvalue weighted by atomic mass is 10.1. The maximum absolute atomic E-state index is 11.9. The summed E-state index contributed by atoms with van der Waals surface area (Å²) in [5.74, 6) is 0.0345. The number of hydrogen-bond acceptors (Lipinski definition) is 2. The van der Waals surface area contributed by atoms with E-state index in [1.165, 1.54) is 0 Å². The van der Waals surface area contributed by atoms with Crippen LogP contribution in [0.15, 0.2) is 24.3 Å². The van der Waals surface area contributed by atoms with E-state index in [9.17, 15) is 4.79 Å². The molecular formula is C12H15IN2O. The van der Waals surface area contributed by atoms with Crippen molar-refractivity contribution in [2.24, 2.45) is 0 Å². The van der Waals surface area contributed by atoms with E-state index in [2.05, 4.69) is 33.2 Å². The Morgan fingerprint density at radius 3 is 3.06 bits per heavy atom. The lowest BCUT2D eigenvalue weighted by Crippen LogP contribution is -2.45. The summed E-state index contributed by atoms with van der Waals surface area (Å²) in [5, 5.41) is 6.34. The molecule has 2 N–H and O–H groups in total. The van der Waals surface area contributed by atoms with Crippen molar-refractivity contribution in [3.63, 3.8) is 0 Å². The maximum atomic E-state index is 11.9. The first kappa shape index (κ1) is 11.9. The number of carbonyl (C=O) groups excluding carboxylic acids is 1. The van der Waals surface area contributed by atoms with Crippen molar-refractivity contribution in [1.82, 2.24) is 10.6 Å². The summed E-state index contributed by atoms with van der Waals surface area (Å²) in [6.07, 6.45) is 2.21. The molecule has 86 valence electrons. The fourth-order valence-electron chi connectivity index (χ4n) is 1.87. The van der Waals surface area contributed by atoms with Gasteiger partial charge in [0.05, 0.1) is 0 Å². The minimum absolute atomic E-state index is 0.0345. The van der Waals surface area contributed by atoms with Gasteiger partial charge in [-0.2, -0.15) is 0 Å². The Bertz CT molecular complexity index is 375. The Morgan fingerprint density at radius 1 is 1.50 bits per heavy atom. The van der Waals surface area contributed by atoms with Crippen molar-refractivity contribution in [1.29, 1.82) is 0 Å². The Balaban J connectivity index is 1.97. The predicted molar refractivity (Wildman–Crippen MR) is 72.5 cm³/mol. The quantitative estimate of drug-likeness (QED) is 0.812. The van der Waals surface area contributed by atoms with Crippen LogP contribution < -0.4 is 10.6 Å². The molecular weight excluding hydrogens is 315 g/mol. The fourth-order valence-corrected chi connectivity index (χ4v) is 2.42. The van der Waals surface area contributed by atoms with E-state index in [1.54, 1.807) is 0 Å². The molecule has 1 aliphatic heterocycles. The van der Waals surface area contributed by atoms with Crippen LogP contribution in [-0.4, -0.2) is 25.0 Å². The first-order valence-corrected chi connectivity index (χ1v) is 6.61. The zero-order chi connectivity index (χ0) is 11.4. The molecule has 1 fully saturated rings. The first-order valence-electron chi connectivity index (χ1n) is 5.53. The van der Waals surface area contributed by atoms with Crippen molar-refractivity contribution < 1.29 is 4.79 Å². The summed E-state index contributed by atoms with van der Waals surface area (Å²) in [5.41, 5.74) is 0.748. The van der Waals surface area contributed by atoms with Gasteiger partial charge in [-0.1, -0.05) is 6.07 Å². The first-order chi connectivity index (χ1) is 7.75. The molecule has 1 amide bonds. The molecule has 0 unspecified atom stereocenters. The van der Waals surface area contributed by atoms with Crippen molar-refractivity contribution in [3.8, 4) is 0 Å². The molecule has 0 aromatic heterocycles. The highest BCUT2D eigenvalue weighted by molar-refractivity contribution is 14.1. The van der Waals surface area contributed by atoms with Crippen molar-refractivity contribution in [2.45, 2.75) is 18.9 Å². The number of rotatable bonds is 2. The average Bonchev–Trinajstić information content (AvgIpc) is 2.30. The molecule has 4 heteroatoms. The van der Waals surface area contributed by atoms with Crippen LogP contribution in [0, 0.1) is 3.57 Å². The molecule has 1 aromatic carbocycles. The van der Waals surface area contributed by atoms with Crippen LogP contribution in [0.2, 0.25) is 0 Å². The van der Waals surface area contributed by atoms with Gasteiger partial charge in [0.25, 0.3) is 5.91 Å². The molecule has 0 bridgehead atoms. The van der Waals surface area contributed by atoms with Gasteiger partial charge in [0.15, 0.2) is 0 Å². The molecule has 3 nitrogen and oxygen atoms in total. The highest BCUT2D eigenvalue weighted by Gasteiger charge is 2.16. The van der Waals surface area contributed by atoms with Crippen LogP contribution in [0.25, 0.3) is 0 Å². The highest BCUT2D eigenvalue weighted by Crippen LogP contribution is 2.09. The van der Waals surface area contributed by atoms with Crippen LogP contribution in [-0.2, 0) is 0 Å². The molecule has 0 saturated carbocycles. The van der Waals surface area contributed by atoms with Crippen molar-refractivity contribution in [3.05, 3.63) is 33.4 Å². The van der Waals surface area contributed by atoms with E-state index in [1.807, 2.05) is 24.3 Å². The molecule has 0 spiro atoms. The van der Waals surface area contributed by atoms with E-state index >= 15 is 0 Å². The van der Waals surface area contributed by atoms with E-state index < -0.39 is 0 Å². The molecule has 1 aromatic rings. The number of amides is 1. The number of hydrogen-bond donors (Lipinski definition) is 2. The van der Waals surface area contributed by atoms with E-state index in [0.717, 1.165) is 35.1 Å². The predicted octanol–water partition coefficient (Wildman–Crippen LogP) is 1.77. The average molecular weight is 330 g/mol. The van der Waals surface area contributed by atoms with Gasteiger partial charge in [-0.25, -0.2) is 0 Å². The Kier molecular flexibility index (Phi) is 4.17. The Morgan fingerprint density at radius 2 is 2.38 bits per heavy atom. The molecule has 1 saturated heterocycles. The standard InChI is InChI=1S/C12H15IN2O/c13-10-4-1-3-9(7-10)12(16)15-11-5-2-6-14-8-11/h1,3-4,7,11,14H,2,5-6,8H2,(H,15,16)/t11-/m1/s1. The summed E-state index contributed by atoms with van der Waals surface area (Å²) in [4.78, 5) is 11.9. The second-order valence-corrected chi connectivity index (χ2v) is 5.27. The van der Waals surface area contributed by atoms with Gasteiger partial charge < -0.3 is 10.6 Å². The molecule has 0 aliphatic carbocycles. The largest absolute Gasteiger partial charge is 0.348 e. The monoisotopic (exact) mass is 330 g/mol. The van der Waals surface area contributed by atoms with Crippen LogP contribution >= 0.6 is 22.6 Å². The zero-order valence-corrected chi connectivity index (χ0v) is 11.2. The van der Waals surface area contributed by atoms with Crippen LogP contribution in [0.4, 0.5) is 0 Å². The number of benzene rings is 1. The lowest BCUT2D eigenvalue weighted by molar-refractivity contribution is 0.0930. The summed E-state index contributed by atoms with van der Waals surface area (Å²) in [6, 6.07) is 7.94. The zero-order valence-electron chi connectivity index (χ0n) is 9.00. The van der Waals surface area contributed by atoms with E-state index in [-0.39, 0.29) is 11.9 Å². The third-order valence-electron chi connectivity index (χ3n) is 2.72. The van der Waals surface area contributed by atoms with Gasteiger partial charge in [-0.05, 0) is 60.2 Å². The highest BCUT2D eigenvalue weighted by atomic mass is 127. The third kappa shape index (κ3) is 3.18. The van der Waals surface area contributed by atoms with E-state index in [0.29, 0.717) is 0 Å². The smallest absolute Gasteiger partial charge is 0.251 e. The second kappa shape index (κ2) is 5.63. The van der Waals surface area contributed by atoms with Crippen LogP contribution in [0.1, 0.15) is 23.2 Å². The molecule has 0 radical (unpaired) electrons. The number of carbonyl (C=O) groups is 1. The molecule has 16 heavy (non-hydrogen) atoms. The minimum atomic E-state index is 0.0345. The van der Waals surface area contributed by atoms with Gasteiger partial charge in [0.2, 0.25) is 0 Å². The third-order valence-corrected chi connectivity index (χ3v) is 3.39. The Labute approximate surface area is 109 Å². The van der Waals surface area contributed by atoms with Gasteiger partial charge in [0.1, 0.15) is 0 Å². The summed E-state index contributed by atoms with van der Waals surface area (Å²) in [6.45, 7) is 1.95. The van der Waals surface area contributed by atoms with Gasteiger partial charge >= 0.3 is 0 Å². The maximum Gasteiger partial charge on any atom is 0.251 e. The molecule has 2 rings (SSSR count). The molecule has 1 heterocycles. The number of halogens is 1. The van der Waals surface area contributed by atoms with Crippen LogP contribution in [0.5, 0.6) is 0 Å². The normalized spacial score (nSPS) is 20.4. The SMILES string of the molecule is O=C(N[C@@H]1CCCNC1)c1cccc(I)c1. The summed E-state index contributed by atoms with van der Waals surface area (Å²) < 4.78 is 1.09. The number of nitrogens with one attached hydrogen (secondary N) is 2. The van der Waals surface area contributed by atoms with Gasteiger partial charge in [-0.15, -0.1) is 0 Å². The molecule has 1 atom stereocenters. The van der Waals surface area contributed by atoms with Gasteiger partial charge in [0, 0.05) is 21.7 Å². The fraction of sp³-hybridized carbons (Fsp3) is 0.417. The summed E-state index contributed by atoms with van der Waals surface area (Å²) in [7, 11) is 0. The van der Waals surface area contributed by atoms with E-state index in [4.69, 9.17) is 0 Å². The van der Waals surface area contributed by atoms with Crippen molar-refractivity contribution in [2.75, 3.05) is 13.1 Å². The Hall–Kier alpha value is -0.620. The number of piperidine rings is 1. The molecule has 1 aliphatic rings. The van der Waals surface area contributed by atoms with Crippen LogP contribution in [0.3, 0.4) is 0 Å². The minimum Gasteiger partial charge on any atom is -0.348 e. The summed E-state index contributed by atoms with van der Waals surface area (Å²) >= 11 is 2.22. The topological polar surface area (TPSA) is 41.1 Å². The van der Waals surface area contributed by atoms with Gasteiger partial charge in [-0.3, -0.25) is 4.79 Å². The van der Waals surface area contributed by atoms with Crippen molar-refractivity contribution >= 4 is 28.5 Å². The lowest BCUT2D eigenvalue weighted by Gasteiger charge is -2.23. The second-order valence-electron chi connectivity index (χ2n) is 4.03.